The van der Waals surface area contributed by atoms with Gasteiger partial charge in [-0.15, -0.1) is 0 Å². The molecule has 0 spiro atoms. The minimum absolute atomic E-state index is 0.244. The number of rotatable bonds is 4. The Morgan fingerprint density at radius 2 is 1.97 bits per heavy atom. The third kappa shape index (κ3) is 5.55. The lowest BCUT2D eigenvalue weighted by Crippen LogP contribution is -2.38. The molecule has 0 atom stereocenters. The number of carbonyl (C=O) groups excluding carboxylic acids is 2. The van der Waals surface area contributed by atoms with Gasteiger partial charge in [0, 0.05) is 25.0 Å². The Kier molecular flexibility index (Phi) is 6.84. The molecule has 0 aliphatic carbocycles. The largest absolute Gasteiger partial charge is 0.462 e. The third-order valence-electron chi connectivity index (χ3n) is 4.62. The molecule has 2 amide bonds. The van der Waals surface area contributed by atoms with Gasteiger partial charge >= 0.3 is 18.2 Å². The van der Waals surface area contributed by atoms with Crippen LogP contribution >= 0.6 is 11.6 Å². The van der Waals surface area contributed by atoms with Crippen LogP contribution in [0.2, 0.25) is 5.02 Å². The number of ether oxygens (including phenoxy) is 1. The summed E-state index contributed by atoms with van der Waals surface area (Å²) in [5, 5.41) is 2.89. The van der Waals surface area contributed by atoms with E-state index >= 15 is 0 Å². The van der Waals surface area contributed by atoms with Crippen molar-refractivity contribution in [2.75, 3.05) is 25.0 Å². The lowest BCUT2D eigenvalue weighted by atomic mass is 10.0. The van der Waals surface area contributed by atoms with Crippen LogP contribution < -0.4 is 5.32 Å². The number of aromatic nitrogens is 1. The van der Waals surface area contributed by atoms with Crippen molar-refractivity contribution in [1.29, 1.82) is 0 Å². The third-order valence-corrected chi connectivity index (χ3v) is 4.90. The molecule has 1 N–H and O–H groups in total. The molecule has 2 aromatic rings. The molecule has 2 heterocycles. The summed E-state index contributed by atoms with van der Waals surface area (Å²) in [6.07, 6.45) is -0.760. The molecule has 0 radical (unpaired) electrons. The number of carbonyl (C=O) groups is 2. The second-order valence-corrected chi connectivity index (χ2v) is 7.11. The molecule has 0 unspecified atom stereocenters. The lowest BCUT2D eigenvalue weighted by molar-refractivity contribution is -0.137. The van der Waals surface area contributed by atoms with Crippen molar-refractivity contribution in [3.63, 3.8) is 0 Å². The maximum atomic E-state index is 12.6. The number of pyridine rings is 1. The van der Waals surface area contributed by atoms with Crippen LogP contribution in [-0.2, 0) is 10.9 Å². The van der Waals surface area contributed by atoms with Crippen LogP contribution in [0.5, 0.6) is 0 Å². The average Bonchev–Trinajstić information content (AvgIpc) is 2.73. The Hall–Kier alpha value is -3.07. The van der Waals surface area contributed by atoms with Crippen LogP contribution in [0.3, 0.4) is 0 Å². The van der Waals surface area contributed by atoms with Crippen LogP contribution in [0.4, 0.5) is 23.7 Å². The van der Waals surface area contributed by atoms with Gasteiger partial charge in [-0.3, -0.25) is 4.98 Å². The fourth-order valence-electron chi connectivity index (χ4n) is 3.01. The van der Waals surface area contributed by atoms with Gasteiger partial charge in [0.2, 0.25) is 0 Å². The second-order valence-electron chi connectivity index (χ2n) is 6.71. The molecule has 0 fully saturated rings. The van der Waals surface area contributed by atoms with Crippen molar-refractivity contribution in [2.45, 2.75) is 19.5 Å². The number of hydrogen-bond acceptors (Lipinski definition) is 4. The van der Waals surface area contributed by atoms with Gasteiger partial charge in [0.25, 0.3) is 0 Å². The molecule has 1 aromatic heterocycles. The monoisotopic (exact) mass is 453 g/mol. The molecule has 1 aliphatic rings. The van der Waals surface area contributed by atoms with E-state index in [1.165, 1.54) is 29.3 Å². The highest BCUT2D eigenvalue weighted by molar-refractivity contribution is 6.32. The number of nitrogens with zero attached hydrogens (tertiary/aromatic N) is 2. The molecule has 6 nitrogen and oxygen atoms in total. The minimum atomic E-state index is -4.43. The smallest absolute Gasteiger partial charge is 0.416 e. The van der Waals surface area contributed by atoms with Gasteiger partial charge in [-0.25, -0.2) is 9.59 Å². The number of alkyl halides is 3. The molecule has 0 saturated heterocycles. The first-order valence-corrected chi connectivity index (χ1v) is 9.82. The van der Waals surface area contributed by atoms with Crippen molar-refractivity contribution in [3.8, 4) is 0 Å². The first-order chi connectivity index (χ1) is 14.7. The van der Waals surface area contributed by atoms with E-state index in [2.05, 4.69) is 10.3 Å². The van der Waals surface area contributed by atoms with Crippen molar-refractivity contribution in [3.05, 3.63) is 64.4 Å². The van der Waals surface area contributed by atoms with Gasteiger partial charge in [-0.2, -0.15) is 13.2 Å². The van der Waals surface area contributed by atoms with Gasteiger partial charge in [0.15, 0.2) is 0 Å². The quantitative estimate of drug-likeness (QED) is 0.642. The van der Waals surface area contributed by atoms with Gasteiger partial charge in [-0.05, 0) is 49.2 Å². The Morgan fingerprint density at radius 3 is 2.52 bits per heavy atom. The topological polar surface area (TPSA) is 71.5 Å². The van der Waals surface area contributed by atoms with Crippen LogP contribution in [-0.4, -0.2) is 41.6 Å². The Balaban J connectivity index is 1.63. The van der Waals surface area contributed by atoms with E-state index in [0.717, 1.165) is 17.7 Å². The molecule has 31 heavy (non-hydrogen) atoms. The fourth-order valence-corrected chi connectivity index (χ4v) is 3.30. The van der Waals surface area contributed by atoms with E-state index in [0.29, 0.717) is 23.7 Å². The summed E-state index contributed by atoms with van der Waals surface area (Å²) in [6, 6.07) is 5.31. The molecular weight excluding hydrogens is 435 g/mol. The summed E-state index contributed by atoms with van der Waals surface area (Å²) in [7, 11) is 0. The molecule has 3 rings (SSSR count). The van der Waals surface area contributed by atoms with Crippen molar-refractivity contribution >= 4 is 34.9 Å². The van der Waals surface area contributed by atoms with E-state index in [1.54, 1.807) is 13.0 Å². The van der Waals surface area contributed by atoms with Gasteiger partial charge in [0.1, 0.15) is 0 Å². The predicted octanol–water partition coefficient (Wildman–Crippen LogP) is 5.25. The number of anilines is 1. The Bertz CT molecular complexity index is 1010. The van der Waals surface area contributed by atoms with E-state index in [-0.39, 0.29) is 24.4 Å². The summed E-state index contributed by atoms with van der Waals surface area (Å²) >= 11 is 6.27. The highest BCUT2D eigenvalue weighted by Crippen LogP contribution is 2.30. The van der Waals surface area contributed by atoms with Crippen molar-refractivity contribution < 1.29 is 27.5 Å². The van der Waals surface area contributed by atoms with Gasteiger partial charge < -0.3 is 15.0 Å². The maximum absolute atomic E-state index is 12.6. The summed E-state index contributed by atoms with van der Waals surface area (Å²) < 4.78 is 42.8. The Morgan fingerprint density at radius 1 is 1.26 bits per heavy atom. The normalized spacial score (nSPS) is 14.1. The molecule has 1 aromatic carbocycles. The number of nitrogens with one attached hydrogen (secondary N) is 1. The SMILES string of the molecule is CCOC(=O)c1cnc(C2=CCN(C(=O)Nc3ccc(C(F)(F)F)cc3)CC2)c(Cl)c1. The zero-order chi connectivity index (χ0) is 22.6. The number of halogens is 4. The number of hydrogen-bond donors (Lipinski definition) is 1. The van der Waals surface area contributed by atoms with Gasteiger partial charge in [0.05, 0.1) is 28.5 Å². The van der Waals surface area contributed by atoms with Crippen LogP contribution in [0.15, 0.2) is 42.6 Å². The molecular formula is C21H19ClF3N3O3. The molecule has 0 bridgehead atoms. The molecule has 0 saturated carbocycles. The van der Waals surface area contributed by atoms with Crippen LogP contribution in [0.25, 0.3) is 5.57 Å². The van der Waals surface area contributed by atoms with E-state index in [4.69, 9.17) is 16.3 Å². The van der Waals surface area contributed by atoms with E-state index in [9.17, 15) is 22.8 Å². The highest BCUT2D eigenvalue weighted by Gasteiger charge is 2.30. The number of urea groups is 1. The van der Waals surface area contributed by atoms with Crippen molar-refractivity contribution in [1.82, 2.24) is 9.88 Å². The molecule has 10 heteroatoms. The second kappa shape index (κ2) is 9.38. The number of benzene rings is 1. The highest BCUT2D eigenvalue weighted by atomic mass is 35.5. The van der Waals surface area contributed by atoms with Crippen LogP contribution in [0, 0.1) is 0 Å². The average molecular weight is 454 g/mol. The molecule has 1 aliphatic heterocycles. The zero-order valence-corrected chi connectivity index (χ0v) is 17.3. The summed E-state index contributed by atoms with van der Waals surface area (Å²) in [5.41, 5.74) is 1.10. The van der Waals surface area contributed by atoms with E-state index < -0.39 is 23.7 Å². The minimum Gasteiger partial charge on any atom is -0.462 e. The first kappa shape index (κ1) is 22.6. The summed E-state index contributed by atoms with van der Waals surface area (Å²) in [5.74, 6) is -0.507. The predicted molar refractivity (Wildman–Crippen MR) is 110 cm³/mol. The van der Waals surface area contributed by atoms with Crippen molar-refractivity contribution in [2.24, 2.45) is 0 Å². The standard InChI is InChI=1S/C21H19ClF3N3O3/c1-2-31-19(29)14-11-17(22)18(26-12-14)13-7-9-28(10-8-13)20(30)27-16-5-3-15(4-6-16)21(23,24)25/h3-7,11-12H,2,8-10H2,1H3,(H,27,30). The fraction of sp³-hybridized carbons (Fsp3) is 0.286. The number of amides is 2. The summed E-state index contributed by atoms with van der Waals surface area (Å²) in [6.45, 7) is 2.59. The van der Waals surface area contributed by atoms with Gasteiger partial charge in [-0.1, -0.05) is 17.7 Å². The summed E-state index contributed by atoms with van der Waals surface area (Å²) in [4.78, 5) is 30.0. The number of esters is 1. The zero-order valence-electron chi connectivity index (χ0n) is 16.5. The van der Waals surface area contributed by atoms with E-state index in [1.807, 2.05) is 0 Å². The lowest BCUT2D eigenvalue weighted by Gasteiger charge is -2.27. The first-order valence-electron chi connectivity index (χ1n) is 9.44. The molecule has 164 valence electrons. The maximum Gasteiger partial charge on any atom is 0.416 e. The Labute approximate surface area is 181 Å². The van der Waals surface area contributed by atoms with Crippen LogP contribution in [0.1, 0.15) is 35.0 Å².